The maximum Gasteiger partial charge on any atom is 0.416 e. The minimum absolute atomic E-state index is 0.0310. The van der Waals surface area contributed by atoms with Gasteiger partial charge in [0.15, 0.2) is 10.9 Å². The van der Waals surface area contributed by atoms with Gasteiger partial charge in [-0.15, -0.1) is 0 Å². The van der Waals surface area contributed by atoms with Crippen molar-refractivity contribution in [3.05, 3.63) is 71.0 Å². The van der Waals surface area contributed by atoms with Crippen molar-refractivity contribution in [2.24, 2.45) is 0 Å². The van der Waals surface area contributed by atoms with Gasteiger partial charge in [0.2, 0.25) is 0 Å². The number of nitrogens with zero attached hydrogens (tertiary/aromatic N) is 3. The summed E-state index contributed by atoms with van der Waals surface area (Å²) in [6.45, 7) is -0.417. The van der Waals surface area contributed by atoms with Crippen LogP contribution in [0.2, 0.25) is 0 Å². The third-order valence-electron chi connectivity index (χ3n) is 4.21. The van der Waals surface area contributed by atoms with Crippen LogP contribution in [0.3, 0.4) is 0 Å². The third-order valence-corrected chi connectivity index (χ3v) is 5.22. The number of imidazole rings is 1. The van der Waals surface area contributed by atoms with E-state index in [0.29, 0.717) is 16.7 Å². The van der Waals surface area contributed by atoms with Crippen LogP contribution in [0.15, 0.2) is 58.7 Å². The fourth-order valence-electron chi connectivity index (χ4n) is 2.73. The molecule has 0 fully saturated rings. The average molecular weight is 457 g/mol. The Morgan fingerprint density at radius 1 is 1.03 bits per heavy atom. The molecular formula is C20H13F6N3OS. The summed E-state index contributed by atoms with van der Waals surface area (Å²) in [6, 6.07) is 10.1. The monoisotopic (exact) mass is 457 g/mol. The molecule has 4 nitrogen and oxygen atoms in total. The number of hydrogen-bond donors (Lipinski definition) is 0. The molecule has 0 unspecified atom stereocenters. The van der Waals surface area contributed by atoms with Gasteiger partial charge in [-0.2, -0.15) is 31.6 Å². The van der Waals surface area contributed by atoms with Crippen molar-refractivity contribution < 1.29 is 31.1 Å². The molecule has 3 aromatic rings. The first-order valence-electron chi connectivity index (χ1n) is 8.57. The van der Waals surface area contributed by atoms with Crippen LogP contribution in [0.4, 0.5) is 26.3 Å². The second kappa shape index (κ2) is 8.55. The summed E-state index contributed by atoms with van der Waals surface area (Å²) in [4.78, 5) is 4.76. The maximum absolute atomic E-state index is 13.4. The van der Waals surface area contributed by atoms with Gasteiger partial charge in [-0.05, 0) is 42.0 Å². The van der Waals surface area contributed by atoms with Gasteiger partial charge in [-0.25, -0.2) is 4.98 Å². The Hall–Kier alpha value is -3.13. The van der Waals surface area contributed by atoms with E-state index in [1.165, 1.54) is 17.9 Å². The molecule has 0 amide bonds. The molecular weight excluding hydrogens is 444 g/mol. The van der Waals surface area contributed by atoms with E-state index in [2.05, 4.69) is 4.98 Å². The Balaban J connectivity index is 1.98. The number of nitriles is 1. The highest BCUT2D eigenvalue weighted by atomic mass is 32.2. The van der Waals surface area contributed by atoms with E-state index in [4.69, 9.17) is 10.00 Å². The third kappa shape index (κ3) is 5.32. The molecule has 0 atom stereocenters. The summed E-state index contributed by atoms with van der Waals surface area (Å²) in [5, 5.41) is 9.35. The molecule has 3 rings (SSSR count). The lowest BCUT2D eigenvalue weighted by Gasteiger charge is -2.17. The normalized spacial score (nSPS) is 11.9. The molecule has 0 aliphatic rings. The lowest BCUT2D eigenvalue weighted by molar-refractivity contribution is -0.143. The van der Waals surface area contributed by atoms with Gasteiger partial charge in [0.05, 0.1) is 24.8 Å². The van der Waals surface area contributed by atoms with Gasteiger partial charge in [0, 0.05) is 11.1 Å². The van der Waals surface area contributed by atoms with Crippen LogP contribution in [0.25, 0.3) is 0 Å². The Morgan fingerprint density at radius 3 is 2.26 bits per heavy atom. The predicted octanol–water partition coefficient (Wildman–Crippen LogP) is 6.00. The molecule has 0 aliphatic carbocycles. The number of ether oxygens (including phenoxy) is 1. The first-order valence-corrected chi connectivity index (χ1v) is 9.39. The molecule has 0 aliphatic heterocycles. The Bertz CT molecular complexity index is 1110. The first kappa shape index (κ1) is 22.6. The van der Waals surface area contributed by atoms with Gasteiger partial charge >= 0.3 is 12.4 Å². The number of rotatable bonds is 5. The number of aromatic nitrogens is 2. The van der Waals surface area contributed by atoms with Crippen LogP contribution < -0.4 is 4.74 Å². The maximum atomic E-state index is 13.4. The quantitative estimate of drug-likeness (QED) is 0.441. The Morgan fingerprint density at radius 2 is 1.71 bits per heavy atom. The highest BCUT2D eigenvalue weighted by Gasteiger charge is 2.38. The van der Waals surface area contributed by atoms with E-state index in [9.17, 15) is 26.3 Å². The van der Waals surface area contributed by atoms with Crippen LogP contribution in [-0.2, 0) is 18.9 Å². The minimum atomic E-state index is -4.99. The fourth-order valence-corrected chi connectivity index (χ4v) is 3.60. The number of benzene rings is 2. The van der Waals surface area contributed by atoms with E-state index in [0.717, 1.165) is 17.8 Å². The van der Waals surface area contributed by atoms with Crippen molar-refractivity contribution in [1.29, 1.82) is 5.26 Å². The summed E-state index contributed by atoms with van der Waals surface area (Å²) in [6.07, 6.45) is -8.64. The summed E-state index contributed by atoms with van der Waals surface area (Å²) in [5.41, 5.74) is -3.19. The summed E-state index contributed by atoms with van der Waals surface area (Å²) in [7, 11) is 1.50. The summed E-state index contributed by atoms with van der Waals surface area (Å²) >= 11 is 1.09. The van der Waals surface area contributed by atoms with Crippen LogP contribution in [0.5, 0.6) is 5.75 Å². The van der Waals surface area contributed by atoms with Crippen molar-refractivity contribution in [3.63, 3.8) is 0 Å². The van der Waals surface area contributed by atoms with Gasteiger partial charge in [0.1, 0.15) is 11.8 Å². The molecule has 0 N–H and O–H groups in total. The topological polar surface area (TPSA) is 50.8 Å². The van der Waals surface area contributed by atoms with E-state index in [1.807, 2.05) is 6.07 Å². The van der Waals surface area contributed by atoms with E-state index >= 15 is 0 Å². The molecule has 0 bridgehead atoms. The zero-order chi connectivity index (χ0) is 22.8. The SMILES string of the molecule is COc1ccc(Sc2nc(C#N)cn2Cc2ccc(C(F)(F)F)cc2C(F)(F)F)cc1. The molecule has 1 aromatic heterocycles. The summed E-state index contributed by atoms with van der Waals surface area (Å²) in [5.74, 6) is 0.602. The van der Waals surface area contributed by atoms with Crippen molar-refractivity contribution >= 4 is 11.8 Å². The van der Waals surface area contributed by atoms with Gasteiger partial charge in [-0.1, -0.05) is 17.8 Å². The lowest BCUT2D eigenvalue weighted by Crippen LogP contribution is -2.15. The smallest absolute Gasteiger partial charge is 0.416 e. The average Bonchev–Trinajstić information content (AvgIpc) is 3.08. The highest BCUT2D eigenvalue weighted by Crippen LogP contribution is 2.38. The number of halogens is 6. The predicted molar refractivity (Wildman–Crippen MR) is 99.6 cm³/mol. The summed E-state index contributed by atoms with van der Waals surface area (Å²) < 4.78 is 85.4. The van der Waals surface area contributed by atoms with Crippen LogP contribution in [0.1, 0.15) is 22.4 Å². The molecule has 0 spiro atoms. The van der Waals surface area contributed by atoms with Crippen LogP contribution in [-0.4, -0.2) is 16.7 Å². The zero-order valence-corrected chi connectivity index (χ0v) is 16.6. The second-order valence-corrected chi connectivity index (χ2v) is 7.33. The van der Waals surface area contributed by atoms with Crippen molar-refractivity contribution in [1.82, 2.24) is 9.55 Å². The molecule has 0 radical (unpaired) electrons. The van der Waals surface area contributed by atoms with E-state index < -0.39 is 30.0 Å². The molecule has 2 aromatic carbocycles. The zero-order valence-electron chi connectivity index (χ0n) is 15.8. The molecule has 0 saturated carbocycles. The fraction of sp³-hybridized carbons (Fsp3) is 0.200. The van der Waals surface area contributed by atoms with Crippen LogP contribution >= 0.6 is 11.8 Å². The van der Waals surface area contributed by atoms with E-state index in [1.54, 1.807) is 24.3 Å². The second-order valence-electron chi connectivity index (χ2n) is 6.29. The Kier molecular flexibility index (Phi) is 6.22. The van der Waals surface area contributed by atoms with Gasteiger partial charge in [-0.3, -0.25) is 0 Å². The standard InChI is InChI=1S/C20H13F6N3OS/c1-30-15-4-6-16(7-5-15)31-18-28-14(9-27)11-29(18)10-12-2-3-13(19(21,22)23)8-17(12)20(24,25)26/h2-8,11H,10H2,1H3. The van der Waals surface area contributed by atoms with Gasteiger partial charge < -0.3 is 9.30 Å². The number of alkyl halides is 6. The van der Waals surface area contributed by atoms with E-state index in [-0.39, 0.29) is 22.5 Å². The van der Waals surface area contributed by atoms with Crippen molar-refractivity contribution in [2.75, 3.05) is 7.11 Å². The largest absolute Gasteiger partial charge is 0.497 e. The van der Waals surface area contributed by atoms with Crippen LogP contribution in [0, 0.1) is 11.3 Å². The molecule has 0 saturated heterocycles. The molecule has 1 heterocycles. The Labute approximate surface area is 177 Å². The molecule has 11 heteroatoms. The molecule has 31 heavy (non-hydrogen) atoms. The van der Waals surface area contributed by atoms with Gasteiger partial charge in [0.25, 0.3) is 0 Å². The first-order chi connectivity index (χ1) is 14.5. The number of hydrogen-bond acceptors (Lipinski definition) is 4. The van der Waals surface area contributed by atoms with Crippen molar-refractivity contribution in [3.8, 4) is 11.8 Å². The lowest BCUT2D eigenvalue weighted by atomic mass is 10.0. The molecule has 162 valence electrons. The minimum Gasteiger partial charge on any atom is -0.497 e. The number of methoxy groups -OCH3 is 1. The highest BCUT2D eigenvalue weighted by molar-refractivity contribution is 7.99. The van der Waals surface area contributed by atoms with Crippen molar-refractivity contribution in [2.45, 2.75) is 28.9 Å².